The van der Waals surface area contributed by atoms with Crippen molar-refractivity contribution in [2.75, 3.05) is 5.32 Å². The normalized spacial score (nSPS) is 13.9. The molecule has 1 aliphatic rings. The fraction of sp³-hybridized carbons (Fsp3) is 0.421. The molecular weight excluding hydrogens is 342 g/mol. The Kier molecular flexibility index (Phi) is 4.47. The Morgan fingerprint density at radius 1 is 1.33 bits per heavy atom. The first kappa shape index (κ1) is 17.4. The Labute approximate surface area is 157 Å². The molecule has 1 aromatic carbocycles. The van der Waals surface area contributed by atoms with Gasteiger partial charge in [-0.2, -0.15) is 5.10 Å². The lowest BCUT2D eigenvalue weighted by molar-refractivity contribution is 0.102. The molecule has 1 N–H and O–H groups in total. The van der Waals surface area contributed by atoms with Gasteiger partial charge in [0.15, 0.2) is 5.82 Å². The summed E-state index contributed by atoms with van der Waals surface area (Å²) in [5.41, 5.74) is 3.05. The molecule has 27 heavy (non-hydrogen) atoms. The third-order valence-electron chi connectivity index (χ3n) is 4.65. The zero-order valence-electron chi connectivity index (χ0n) is 15.8. The van der Waals surface area contributed by atoms with E-state index < -0.39 is 0 Å². The minimum absolute atomic E-state index is 0.165. The van der Waals surface area contributed by atoms with Crippen LogP contribution in [0.2, 0.25) is 0 Å². The van der Waals surface area contributed by atoms with E-state index in [4.69, 9.17) is 0 Å². The molecule has 2 aromatic heterocycles. The van der Waals surface area contributed by atoms with E-state index in [1.54, 1.807) is 6.20 Å². The summed E-state index contributed by atoms with van der Waals surface area (Å²) in [6.45, 7) is 6.96. The number of amides is 1. The van der Waals surface area contributed by atoms with E-state index in [-0.39, 0.29) is 5.91 Å². The SMILES string of the molecule is Cc1c(C(=O)Nc2cccc(-c3nnnn3C3CC3)c2)cnn1CC(C)C. The number of tetrazole rings is 1. The smallest absolute Gasteiger partial charge is 0.259 e. The van der Waals surface area contributed by atoms with Gasteiger partial charge in [0.1, 0.15) is 0 Å². The number of nitrogens with one attached hydrogen (secondary N) is 1. The van der Waals surface area contributed by atoms with Crippen molar-refractivity contribution in [1.29, 1.82) is 0 Å². The van der Waals surface area contributed by atoms with Crippen LogP contribution in [0, 0.1) is 12.8 Å². The molecule has 8 heteroatoms. The number of carbonyl (C=O) groups excluding carboxylic acids is 1. The first-order chi connectivity index (χ1) is 13.0. The molecule has 1 fully saturated rings. The Morgan fingerprint density at radius 2 is 2.15 bits per heavy atom. The molecule has 1 saturated carbocycles. The first-order valence-corrected chi connectivity index (χ1v) is 9.25. The summed E-state index contributed by atoms with van der Waals surface area (Å²) in [6, 6.07) is 8.00. The molecule has 0 atom stereocenters. The van der Waals surface area contributed by atoms with E-state index in [1.165, 1.54) is 0 Å². The standard InChI is InChI=1S/C19H23N7O/c1-12(2)11-25-13(3)17(10-20-25)19(27)21-15-6-4-5-14(9-15)18-22-23-24-26(18)16-7-8-16/h4-6,9-10,12,16H,7-8,11H2,1-3H3,(H,21,27). The van der Waals surface area contributed by atoms with Crippen LogP contribution < -0.4 is 5.32 Å². The molecule has 4 rings (SSSR count). The number of hydrogen-bond donors (Lipinski definition) is 1. The zero-order valence-corrected chi connectivity index (χ0v) is 15.8. The number of anilines is 1. The topological polar surface area (TPSA) is 90.5 Å². The van der Waals surface area contributed by atoms with Gasteiger partial charge in [-0.25, -0.2) is 4.68 Å². The number of nitrogens with zero attached hydrogens (tertiary/aromatic N) is 6. The molecule has 0 radical (unpaired) electrons. The minimum Gasteiger partial charge on any atom is -0.322 e. The van der Waals surface area contributed by atoms with Gasteiger partial charge in [-0.05, 0) is 48.2 Å². The predicted molar refractivity (Wildman–Crippen MR) is 101 cm³/mol. The summed E-state index contributed by atoms with van der Waals surface area (Å²) < 4.78 is 3.74. The summed E-state index contributed by atoms with van der Waals surface area (Å²) >= 11 is 0. The van der Waals surface area contributed by atoms with Gasteiger partial charge in [0.05, 0.1) is 17.8 Å². The molecule has 1 aliphatic carbocycles. The van der Waals surface area contributed by atoms with Crippen LogP contribution in [0.25, 0.3) is 11.4 Å². The van der Waals surface area contributed by atoms with Gasteiger partial charge in [0.25, 0.3) is 5.91 Å². The Morgan fingerprint density at radius 3 is 2.89 bits per heavy atom. The average Bonchev–Trinajstić information content (AvgIpc) is 3.25. The molecule has 0 spiro atoms. The fourth-order valence-electron chi connectivity index (χ4n) is 3.08. The van der Waals surface area contributed by atoms with Gasteiger partial charge < -0.3 is 5.32 Å². The second kappa shape index (κ2) is 6.94. The van der Waals surface area contributed by atoms with Crippen LogP contribution in [0.15, 0.2) is 30.5 Å². The molecule has 0 bridgehead atoms. The van der Waals surface area contributed by atoms with Crippen LogP contribution in [0.4, 0.5) is 5.69 Å². The predicted octanol–water partition coefficient (Wildman–Crippen LogP) is 3.09. The molecule has 140 valence electrons. The highest BCUT2D eigenvalue weighted by Gasteiger charge is 2.28. The van der Waals surface area contributed by atoms with Crippen LogP contribution in [0.5, 0.6) is 0 Å². The molecule has 8 nitrogen and oxygen atoms in total. The average molecular weight is 365 g/mol. The maximum Gasteiger partial charge on any atom is 0.259 e. The molecule has 1 amide bonds. The Hall–Kier alpha value is -3.03. The maximum absolute atomic E-state index is 12.7. The van der Waals surface area contributed by atoms with Crippen LogP contribution >= 0.6 is 0 Å². The molecule has 0 aliphatic heterocycles. The number of rotatable bonds is 6. The molecule has 2 heterocycles. The van der Waals surface area contributed by atoms with E-state index in [0.29, 0.717) is 23.2 Å². The Bertz CT molecular complexity index is 968. The third-order valence-corrected chi connectivity index (χ3v) is 4.65. The van der Waals surface area contributed by atoms with Crippen molar-refractivity contribution in [3.8, 4) is 11.4 Å². The third kappa shape index (κ3) is 3.60. The summed E-state index contributed by atoms with van der Waals surface area (Å²) in [5.74, 6) is 1.03. The van der Waals surface area contributed by atoms with Gasteiger partial charge in [0, 0.05) is 23.5 Å². The number of aromatic nitrogens is 6. The van der Waals surface area contributed by atoms with Gasteiger partial charge in [-0.1, -0.05) is 26.0 Å². The minimum atomic E-state index is -0.165. The number of benzene rings is 1. The van der Waals surface area contributed by atoms with Crippen molar-refractivity contribution in [2.24, 2.45) is 5.92 Å². The van der Waals surface area contributed by atoms with Crippen LogP contribution in [0.1, 0.15) is 48.8 Å². The van der Waals surface area contributed by atoms with E-state index in [2.05, 4.69) is 39.8 Å². The van der Waals surface area contributed by atoms with E-state index in [0.717, 1.165) is 36.5 Å². The first-order valence-electron chi connectivity index (χ1n) is 9.25. The van der Waals surface area contributed by atoms with Crippen LogP contribution in [-0.4, -0.2) is 35.9 Å². The van der Waals surface area contributed by atoms with E-state index in [9.17, 15) is 4.79 Å². The van der Waals surface area contributed by atoms with Crippen molar-refractivity contribution in [3.05, 3.63) is 41.7 Å². The maximum atomic E-state index is 12.7. The summed E-state index contributed by atoms with van der Waals surface area (Å²) in [7, 11) is 0. The van der Waals surface area contributed by atoms with Gasteiger partial charge in [-0.3, -0.25) is 9.48 Å². The zero-order chi connectivity index (χ0) is 19.0. The van der Waals surface area contributed by atoms with Crippen LogP contribution in [0.3, 0.4) is 0 Å². The second-order valence-corrected chi connectivity index (χ2v) is 7.43. The highest BCUT2D eigenvalue weighted by Crippen LogP contribution is 2.36. The van der Waals surface area contributed by atoms with Crippen molar-refractivity contribution in [3.63, 3.8) is 0 Å². The molecule has 0 saturated heterocycles. The largest absolute Gasteiger partial charge is 0.322 e. The summed E-state index contributed by atoms with van der Waals surface area (Å²) in [5, 5.41) is 19.3. The van der Waals surface area contributed by atoms with Crippen LogP contribution in [-0.2, 0) is 6.54 Å². The molecule has 3 aromatic rings. The quantitative estimate of drug-likeness (QED) is 0.725. The van der Waals surface area contributed by atoms with E-state index >= 15 is 0 Å². The summed E-state index contributed by atoms with van der Waals surface area (Å²) in [6.07, 6.45) is 3.84. The highest BCUT2D eigenvalue weighted by atomic mass is 16.1. The molecular formula is C19H23N7O. The number of carbonyl (C=O) groups is 1. The van der Waals surface area contributed by atoms with E-state index in [1.807, 2.05) is 40.6 Å². The highest BCUT2D eigenvalue weighted by molar-refractivity contribution is 6.05. The summed E-state index contributed by atoms with van der Waals surface area (Å²) in [4.78, 5) is 12.7. The lowest BCUT2D eigenvalue weighted by Crippen LogP contribution is -2.14. The molecule has 0 unspecified atom stereocenters. The Balaban J connectivity index is 1.54. The van der Waals surface area contributed by atoms with Crippen molar-refractivity contribution in [2.45, 2.75) is 46.2 Å². The lowest BCUT2D eigenvalue weighted by atomic mass is 10.1. The van der Waals surface area contributed by atoms with Crippen molar-refractivity contribution in [1.82, 2.24) is 30.0 Å². The fourth-order valence-corrected chi connectivity index (χ4v) is 3.08. The second-order valence-electron chi connectivity index (χ2n) is 7.43. The van der Waals surface area contributed by atoms with Crippen molar-refractivity contribution >= 4 is 11.6 Å². The van der Waals surface area contributed by atoms with Crippen molar-refractivity contribution < 1.29 is 4.79 Å². The number of hydrogen-bond acceptors (Lipinski definition) is 5. The lowest BCUT2D eigenvalue weighted by Gasteiger charge is -2.09. The monoisotopic (exact) mass is 365 g/mol. The van der Waals surface area contributed by atoms with Gasteiger partial charge >= 0.3 is 0 Å². The van der Waals surface area contributed by atoms with Gasteiger partial charge in [-0.15, -0.1) is 5.10 Å². The van der Waals surface area contributed by atoms with Gasteiger partial charge in [0.2, 0.25) is 0 Å².